The Kier molecular flexibility index (Phi) is 4.07. The molecule has 2 aromatic rings. The number of carbonyl (C=O) groups excluding carboxylic acids is 1. The first-order valence-corrected chi connectivity index (χ1v) is 5.57. The number of ether oxygens (including phenoxy) is 1. The standard InChI is InChI=1S/C14H11F2NO2/c15-11-6-12(16)8-13(7-11)17-14(18)19-9-10-4-2-1-3-5-10/h1-8H,9H2,(H,17,18). The Morgan fingerprint density at radius 3 is 2.32 bits per heavy atom. The second kappa shape index (κ2) is 5.95. The van der Waals surface area contributed by atoms with Crippen LogP contribution in [0.5, 0.6) is 0 Å². The van der Waals surface area contributed by atoms with Gasteiger partial charge in [-0.05, 0) is 17.7 Å². The largest absolute Gasteiger partial charge is 0.444 e. The van der Waals surface area contributed by atoms with Gasteiger partial charge in [0.25, 0.3) is 0 Å². The smallest absolute Gasteiger partial charge is 0.411 e. The summed E-state index contributed by atoms with van der Waals surface area (Å²) in [6.45, 7) is 0.0878. The van der Waals surface area contributed by atoms with Crippen LogP contribution < -0.4 is 5.32 Å². The van der Waals surface area contributed by atoms with E-state index in [0.717, 1.165) is 23.8 Å². The van der Waals surface area contributed by atoms with E-state index < -0.39 is 17.7 Å². The number of amides is 1. The van der Waals surface area contributed by atoms with Crippen LogP contribution in [0, 0.1) is 11.6 Å². The molecule has 98 valence electrons. The van der Waals surface area contributed by atoms with Crippen LogP contribution in [0.15, 0.2) is 48.5 Å². The molecule has 0 saturated carbocycles. The van der Waals surface area contributed by atoms with E-state index in [1.54, 1.807) is 12.1 Å². The van der Waals surface area contributed by atoms with Crippen molar-refractivity contribution in [2.24, 2.45) is 0 Å². The van der Waals surface area contributed by atoms with Crippen LogP contribution in [-0.2, 0) is 11.3 Å². The summed E-state index contributed by atoms with van der Waals surface area (Å²) in [5.41, 5.74) is 0.832. The fourth-order valence-corrected chi connectivity index (χ4v) is 1.50. The molecule has 1 N–H and O–H groups in total. The molecule has 5 heteroatoms. The molecule has 0 spiro atoms. The third-order valence-electron chi connectivity index (χ3n) is 2.32. The Bertz CT molecular complexity index is 553. The minimum absolute atomic E-state index is 0.00978. The van der Waals surface area contributed by atoms with E-state index in [9.17, 15) is 13.6 Å². The van der Waals surface area contributed by atoms with Crippen LogP contribution in [0.25, 0.3) is 0 Å². The van der Waals surface area contributed by atoms with Gasteiger partial charge in [0, 0.05) is 11.8 Å². The zero-order valence-corrected chi connectivity index (χ0v) is 9.90. The summed E-state index contributed by atoms with van der Waals surface area (Å²) in [6.07, 6.45) is -0.770. The van der Waals surface area contributed by atoms with Crippen molar-refractivity contribution in [2.45, 2.75) is 6.61 Å². The van der Waals surface area contributed by atoms with Gasteiger partial charge in [0.15, 0.2) is 0 Å². The molecule has 0 unspecified atom stereocenters. The monoisotopic (exact) mass is 263 g/mol. The molecule has 2 aromatic carbocycles. The van der Waals surface area contributed by atoms with Crippen LogP contribution in [0.1, 0.15) is 5.56 Å². The zero-order valence-electron chi connectivity index (χ0n) is 9.90. The number of hydrogen-bond acceptors (Lipinski definition) is 2. The lowest BCUT2D eigenvalue weighted by Crippen LogP contribution is -2.13. The van der Waals surface area contributed by atoms with Gasteiger partial charge in [-0.3, -0.25) is 5.32 Å². The summed E-state index contributed by atoms with van der Waals surface area (Å²) < 4.78 is 30.7. The Morgan fingerprint density at radius 1 is 1.05 bits per heavy atom. The summed E-state index contributed by atoms with van der Waals surface area (Å²) >= 11 is 0. The molecule has 2 rings (SSSR count). The molecule has 0 aliphatic rings. The summed E-state index contributed by atoms with van der Waals surface area (Å²) in [7, 11) is 0. The lowest BCUT2D eigenvalue weighted by atomic mass is 10.2. The molecule has 0 aliphatic carbocycles. The topological polar surface area (TPSA) is 38.3 Å². The quantitative estimate of drug-likeness (QED) is 0.916. The molecule has 3 nitrogen and oxygen atoms in total. The van der Waals surface area contributed by atoms with Gasteiger partial charge in [0.1, 0.15) is 18.2 Å². The van der Waals surface area contributed by atoms with Crippen molar-refractivity contribution in [1.29, 1.82) is 0 Å². The molecule has 0 aromatic heterocycles. The van der Waals surface area contributed by atoms with Crippen molar-refractivity contribution in [1.82, 2.24) is 0 Å². The number of anilines is 1. The maximum atomic E-state index is 12.9. The molecule has 0 fully saturated rings. The van der Waals surface area contributed by atoms with E-state index in [2.05, 4.69) is 5.32 Å². The second-order valence-electron chi connectivity index (χ2n) is 3.84. The van der Waals surface area contributed by atoms with Crippen LogP contribution >= 0.6 is 0 Å². The van der Waals surface area contributed by atoms with Crippen molar-refractivity contribution in [3.8, 4) is 0 Å². The van der Waals surface area contributed by atoms with E-state index in [1.165, 1.54) is 0 Å². The van der Waals surface area contributed by atoms with Crippen molar-refractivity contribution >= 4 is 11.8 Å². The first-order chi connectivity index (χ1) is 9.13. The number of benzene rings is 2. The highest BCUT2D eigenvalue weighted by Crippen LogP contribution is 2.13. The maximum Gasteiger partial charge on any atom is 0.411 e. The maximum absolute atomic E-state index is 12.9. The third kappa shape index (κ3) is 4.06. The van der Waals surface area contributed by atoms with E-state index >= 15 is 0 Å². The van der Waals surface area contributed by atoms with E-state index in [1.807, 2.05) is 18.2 Å². The first-order valence-electron chi connectivity index (χ1n) is 5.57. The number of hydrogen-bond donors (Lipinski definition) is 1. The first kappa shape index (κ1) is 13.0. The Morgan fingerprint density at radius 2 is 1.68 bits per heavy atom. The SMILES string of the molecule is O=C(Nc1cc(F)cc(F)c1)OCc1ccccc1. The zero-order chi connectivity index (χ0) is 13.7. The van der Waals surface area contributed by atoms with Crippen molar-refractivity contribution in [2.75, 3.05) is 5.32 Å². The molecule has 0 aliphatic heterocycles. The fourth-order valence-electron chi connectivity index (χ4n) is 1.50. The molecule has 0 heterocycles. The van der Waals surface area contributed by atoms with Gasteiger partial charge >= 0.3 is 6.09 Å². The minimum Gasteiger partial charge on any atom is -0.444 e. The lowest BCUT2D eigenvalue weighted by Gasteiger charge is -2.07. The summed E-state index contributed by atoms with van der Waals surface area (Å²) in [6, 6.07) is 11.8. The van der Waals surface area contributed by atoms with Crippen LogP contribution in [-0.4, -0.2) is 6.09 Å². The predicted molar refractivity (Wildman–Crippen MR) is 66.6 cm³/mol. The van der Waals surface area contributed by atoms with Gasteiger partial charge < -0.3 is 4.74 Å². The van der Waals surface area contributed by atoms with Crippen LogP contribution in [0.2, 0.25) is 0 Å². The Labute approximate surface area is 108 Å². The summed E-state index contributed by atoms with van der Waals surface area (Å²) in [4.78, 5) is 11.4. The van der Waals surface area contributed by atoms with Gasteiger partial charge in [-0.1, -0.05) is 30.3 Å². The lowest BCUT2D eigenvalue weighted by molar-refractivity contribution is 0.155. The van der Waals surface area contributed by atoms with Crippen molar-refractivity contribution in [3.63, 3.8) is 0 Å². The van der Waals surface area contributed by atoms with Gasteiger partial charge in [0.2, 0.25) is 0 Å². The van der Waals surface area contributed by atoms with Crippen LogP contribution in [0.4, 0.5) is 19.3 Å². The number of nitrogens with one attached hydrogen (secondary N) is 1. The molecule has 0 radical (unpaired) electrons. The van der Waals surface area contributed by atoms with Crippen molar-refractivity contribution < 1.29 is 18.3 Å². The van der Waals surface area contributed by atoms with E-state index in [0.29, 0.717) is 0 Å². The summed E-state index contributed by atoms with van der Waals surface area (Å²) in [5, 5.41) is 2.25. The molecule has 0 bridgehead atoms. The Balaban J connectivity index is 1.91. The number of halogens is 2. The molecule has 0 saturated heterocycles. The molecular weight excluding hydrogens is 252 g/mol. The van der Waals surface area contributed by atoms with E-state index in [-0.39, 0.29) is 12.3 Å². The van der Waals surface area contributed by atoms with E-state index in [4.69, 9.17) is 4.74 Å². The summed E-state index contributed by atoms with van der Waals surface area (Å²) in [5.74, 6) is -1.53. The highest BCUT2D eigenvalue weighted by molar-refractivity contribution is 5.84. The molecule has 1 amide bonds. The molecule has 0 atom stereocenters. The minimum atomic E-state index is -0.770. The average molecular weight is 263 g/mol. The van der Waals surface area contributed by atoms with Gasteiger partial charge in [-0.25, -0.2) is 13.6 Å². The van der Waals surface area contributed by atoms with Gasteiger partial charge in [-0.15, -0.1) is 0 Å². The average Bonchev–Trinajstić information content (AvgIpc) is 2.36. The third-order valence-corrected chi connectivity index (χ3v) is 2.32. The second-order valence-corrected chi connectivity index (χ2v) is 3.84. The van der Waals surface area contributed by atoms with Gasteiger partial charge in [-0.2, -0.15) is 0 Å². The predicted octanol–water partition coefficient (Wildman–Crippen LogP) is 3.71. The van der Waals surface area contributed by atoms with Gasteiger partial charge in [0.05, 0.1) is 0 Å². The number of rotatable bonds is 3. The fraction of sp³-hybridized carbons (Fsp3) is 0.0714. The normalized spacial score (nSPS) is 10.0. The number of carbonyl (C=O) groups is 1. The highest BCUT2D eigenvalue weighted by Gasteiger charge is 2.06. The Hall–Kier alpha value is -2.43. The molecule has 19 heavy (non-hydrogen) atoms. The van der Waals surface area contributed by atoms with Crippen molar-refractivity contribution in [3.05, 3.63) is 65.7 Å². The molecular formula is C14H11F2NO2. The highest BCUT2D eigenvalue weighted by atomic mass is 19.1. The van der Waals surface area contributed by atoms with Crippen LogP contribution in [0.3, 0.4) is 0 Å².